The van der Waals surface area contributed by atoms with Crippen molar-refractivity contribution >= 4 is 5.78 Å². The topological polar surface area (TPSA) is 112 Å². The van der Waals surface area contributed by atoms with Crippen LogP contribution in [0.3, 0.4) is 0 Å². The smallest absolute Gasteiger partial charge is 0.192 e. The normalized spacial score (nSPS) is 27.1. The Kier molecular flexibility index (Phi) is 4.28. The van der Waals surface area contributed by atoms with Gasteiger partial charge in [-0.15, -0.1) is 0 Å². The second-order valence-electron chi connectivity index (χ2n) is 7.73. The number of nitrogens with zero attached hydrogens (tertiary/aromatic N) is 4. The largest absolute Gasteiger partial charge is 0.293 e. The number of allylic oxidation sites excluding steroid dienone is 2. The molecule has 30 heavy (non-hydrogen) atoms. The third kappa shape index (κ3) is 2.05. The van der Waals surface area contributed by atoms with Crippen molar-refractivity contribution in [3.05, 3.63) is 83.9 Å². The van der Waals surface area contributed by atoms with Gasteiger partial charge in [-0.05, 0) is 12.0 Å². The van der Waals surface area contributed by atoms with Gasteiger partial charge in [-0.25, -0.2) is 0 Å². The van der Waals surface area contributed by atoms with Crippen LogP contribution in [-0.2, 0) is 0 Å². The Hall–Kier alpha value is -4.19. The van der Waals surface area contributed by atoms with E-state index in [9.17, 15) is 25.8 Å². The lowest BCUT2D eigenvalue weighted by molar-refractivity contribution is -0.00271. The molecule has 0 unspecified atom stereocenters. The number of Topliss-reactive ketones (excluding diaryl/α,β-unsaturated/α-hetero) is 1. The molecule has 2 aromatic carbocycles. The van der Waals surface area contributed by atoms with E-state index in [1.54, 1.807) is 42.5 Å². The lowest BCUT2D eigenvalue weighted by Gasteiger charge is -2.58. The predicted molar refractivity (Wildman–Crippen MR) is 107 cm³/mol. The van der Waals surface area contributed by atoms with Crippen LogP contribution in [0.15, 0.2) is 72.8 Å². The van der Waals surface area contributed by atoms with Gasteiger partial charge < -0.3 is 0 Å². The van der Waals surface area contributed by atoms with Gasteiger partial charge in [0.05, 0.1) is 29.7 Å². The minimum absolute atomic E-state index is 0.325. The summed E-state index contributed by atoms with van der Waals surface area (Å²) >= 11 is 0. The van der Waals surface area contributed by atoms with Gasteiger partial charge in [0.25, 0.3) is 0 Å². The van der Waals surface area contributed by atoms with Crippen molar-refractivity contribution in [1.29, 1.82) is 21.0 Å². The Morgan fingerprint density at radius 2 is 1.40 bits per heavy atom. The van der Waals surface area contributed by atoms with E-state index in [4.69, 9.17) is 0 Å². The van der Waals surface area contributed by atoms with Gasteiger partial charge in [-0.1, -0.05) is 72.8 Å². The van der Waals surface area contributed by atoms with E-state index >= 15 is 0 Å². The van der Waals surface area contributed by atoms with Gasteiger partial charge in [0.2, 0.25) is 0 Å². The molecule has 1 saturated carbocycles. The van der Waals surface area contributed by atoms with Crippen LogP contribution < -0.4 is 0 Å². The second kappa shape index (κ2) is 6.70. The van der Waals surface area contributed by atoms with Gasteiger partial charge >= 0.3 is 0 Å². The molecule has 3 aliphatic rings. The summed E-state index contributed by atoms with van der Waals surface area (Å²) in [5.74, 6) is -1.58. The molecule has 5 rings (SSSR count). The summed E-state index contributed by atoms with van der Waals surface area (Å²) in [5, 5.41) is 40.8. The van der Waals surface area contributed by atoms with Crippen molar-refractivity contribution in [1.82, 2.24) is 0 Å². The second-order valence-corrected chi connectivity index (χ2v) is 7.73. The Balaban J connectivity index is 2.11. The molecule has 2 bridgehead atoms. The molecule has 3 atom stereocenters. The molecule has 5 nitrogen and oxygen atoms in total. The number of hydrogen-bond acceptors (Lipinski definition) is 5. The van der Waals surface area contributed by atoms with E-state index in [0.717, 1.165) is 5.56 Å². The minimum atomic E-state index is -2.16. The Bertz CT molecular complexity index is 1180. The molecule has 0 aliphatic heterocycles. The van der Waals surface area contributed by atoms with Crippen molar-refractivity contribution in [3.8, 4) is 24.3 Å². The molecule has 0 spiro atoms. The van der Waals surface area contributed by atoms with Crippen LogP contribution in [0.2, 0.25) is 0 Å². The molecule has 0 saturated heterocycles. The number of ketones is 1. The summed E-state index contributed by atoms with van der Waals surface area (Å²) in [6.07, 6.45) is 3.62. The highest BCUT2D eigenvalue weighted by atomic mass is 16.1. The number of benzene rings is 2. The predicted octanol–water partition coefficient (Wildman–Crippen LogP) is 4.30. The lowest BCUT2D eigenvalue weighted by atomic mass is 9.36. The van der Waals surface area contributed by atoms with Gasteiger partial charge in [0.15, 0.2) is 16.6 Å². The maximum Gasteiger partial charge on any atom is 0.192 e. The number of nitriles is 4. The van der Waals surface area contributed by atoms with E-state index in [0.29, 0.717) is 12.0 Å². The van der Waals surface area contributed by atoms with Crippen molar-refractivity contribution in [2.75, 3.05) is 0 Å². The first-order valence-electron chi connectivity index (χ1n) is 9.56. The van der Waals surface area contributed by atoms with E-state index in [1.807, 2.05) is 54.6 Å². The Labute approximate surface area is 174 Å². The van der Waals surface area contributed by atoms with E-state index < -0.39 is 33.9 Å². The van der Waals surface area contributed by atoms with Crippen LogP contribution in [-0.4, -0.2) is 5.78 Å². The van der Waals surface area contributed by atoms with Crippen molar-refractivity contribution < 1.29 is 4.79 Å². The highest BCUT2D eigenvalue weighted by Crippen LogP contribution is 2.70. The molecule has 0 amide bonds. The third-order valence-electron chi connectivity index (χ3n) is 6.70. The summed E-state index contributed by atoms with van der Waals surface area (Å²) in [7, 11) is 0. The molecular formula is C25H16N4O. The summed E-state index contributed by atoms with van der Waals surface area (Å²) in [6.45, 7) is 0. The Morgan fingerprint density at radius 3 is 1.93 bits per heavy atom. The first-order chi connectivity index (χ1) is 14.6. The van der Waals surface area contributed by atoms with Gasteiger partial charge in [-0.2, -0.15) is 21.0 Å². The third-order valence-corrected chi connectivity index (χ3v) is 6.70. The zero-order chi connectivity index (χ0) is 21.4. The van der Waals surface area contributed by atoms with Crippen LogP contribution in [0, 0.1) is 67.5 Å². The van der Waals surface area contributed by atoms with Crippen molar-refractivity contribution in [3.63, 3.8) is 0 Å². The number of fused-ring (bicyclic) bond motifs is 2. The summed E-state index contributed by atoms with van der Waals surface area (Å²) in [6, 6.07) is 25.7. The van der Waals surface area contributed by atoms with Crippen LogP contribution in [0.5, 0.6) is 0 Å². The molecular weight excluding hydrogens is 372 g/mol. The monoisotopic (exact) mass is 388 g/mol. The first kappa shape index (κ1) is 19.1. The van der Waals surface area contributed by atoms with Gasteiger partial charge in [0.1, 0.15) is 0 Å². The average molecular weight is 388 g/mol. The maximum atomic E-state index is 14.0. The fourth-order valence-corrected chi connectivity index (χ4v) is 5.28. The molecule has 2 aromatic rings. The number of carbonyl (C=O) groups excluding carboxylic acids is 1. The maximum absolute atomic E-state index is 14.0. The van der Waals surface area contributed by atoms with Gasteiger partial charge in [-0.3, -0.25) is 4.79 Å². The lowest BCUT2D eigenvalue weighted by Crippen LogP contribution is -2.65. The quantitative estimate of drug-likeness (QED) is 0.575. The van der Waals surface area contributed by atoms with E-state index in [1.165, 1.54) is 0 Å². The molecule has 0 radical (unpaired) electrons. The molecule has 0 N–H and O–H groups in total. The van der Waals surface area contributed by atoms with Gasteiger partial charge in [0, 0.05) is 17.4 Å². The van der Waals surface area contributed by atoms with Crippen LogP contribution in [0.25, 0.3) is 0 Å². The first-order valence-corrected chi connectivity index (χ1v) is 9.56. The highest BCUT2D eigenvalue weighted by Gasteiger charge is 2.77. The van der Waals surface area contributed by atoms with Crippen molar-refractivity contribution in [2.24, 2.45) is 22.2 Å². The number of rotatable bonds is 3. The molecule has 142 valence electrons. The number of carbonyl (C=O) groups is 1. The fourth-order valence-electron chi connectivity index (χ4n) is 5.28. The summed E-state index contributed by atoms with van der Waals surface area (Å²) in [4.78, 5) is 14.0. The van der Waals surface area contributed by atoms with Crippen molar-refractivity contribution in [2.45, 2.75) is 12.3 Å². The zero-order valence-corrected chi connectivity index (χ0v) is 16.0. The summed E-state index contributed by atoms with van der Waals surface area (Å²) in [5.41, 5.74) is -4.63. The van der Waals surface area contributed by atoms with Crippen LogP contribution >= 0.6 is 0 Å². The molecule has 0 aromatic heterocycles. The highest BCUT2D eigenvalue weighted by molar-refractivity contribution is 6.04. The minimum Gasteiger partial charge on any atom is -0.293 e. The molecule has 3 aliphatic carbocycles. The van der Waals surface area contributed by atoms with E-state index in [2.05, 4.69) is 0 Å². The standard InChI is InChI=1S/C25H16N4O/c26-14-23(15-27)20-11-12-25(24(23,16-28)17-29,22(30)19-9-5-2-6-10-19)21(13-20)18-7-3-1-4-8-18/h1-12,20-21H,13H2/t20-,21-,25+/m1/s1. The summed E-state index contributed by atoms with van der Waals surface area (Å²) < 4.78 is 0. The zero-order valence-electron chi connectivity index (χ0n) is 16.0. The Morgan fingerprint density at radius 1 is 0.833 bits per heavy atom. The molecule has 5 heteroatoms. The molecule has 1 fully saturated rings. The SMILES string of the molecule is N#CC1(C#N)[C@@H]2C=C[C@@](C(=O)c3ccccc3)([C@@H](c3ccccc3)C2)C1(C#N)C#N. The van der Waals surface area contributed by atoms with Crippen LogP contribution in [0.4, 0.5) is 0 Å². The fraction of sp³-hybridized carbons (Fsp3) is 0.240. The van der Waals surface area contributed by atoms with Crippen LogP contribution in [0.1, 0.15) is 28.3 Å². The molecule has 0 heterocycles. The number of hydrogen-bond donors (Lipinski definition) is 0. The average Bonchev–Trinajstić information content (AvgIpc) is 2.83. The van der Waals surface area contributed by atoms with E-state index in [-0.39, 0.29) is 0 Å².